The van der Waals surface area contributed by atoms with Crippen LogP contribution in [0.15, 0.2) is 0 Å². The molecule has 2 saturated heterocycles. The van der Waals surface area contributed by atoms with Gasteiger partial charge in [0.2, 0.25) is 6.41 Å². The van der Waals surface area contributed by atoms with E-state index in [1.807, 2.05) is 11.9 Å². The zero-order valence-electron chi connectivity index (χ0n) is 11.5. The summed E-state index contributed by atoms with van der Waals surface area (Å²) in [6, 6.07) is 0. The van der Waals surface area contributed by atoms with Crippen LogP contribution in [-0.2, 0) is 4.79 Å². The molecule has 104 valence electrons. The molecule has 0 unspecified atom stereocenters. The Balaban J connectivity index is 1.64. The number of nitrogens with one attached hydrogen (secondary N) is 1. The number of piperidine rings is 1. The van der Waals surface area contributed by atoms with E-state index in [0.717, 1.165) is 32.1 Å². The first-order valence-corrected chi connectivity index (χ1v) is 7.10. The molecule has 0 aromatic rings. The Morgan fingerprint density at radius 2 is 1.67 bits per heavy atom. The van der Waals surface area contributed by atoms with Gasteiger partial charge in [0.1, 0.15) is 0 Å². The lowest BCUT2D eigenvalue weighted by Gasteiger charge is -2.38. The van der Waals surface area contributed by atoms with E-state index in [1.165, 1.54) is 45.6 Å². The van der Waals surface area contributed by atoms with Gasteiger partial charge < -0.3 is 15.1 Å². The molecule has 2 heterocycles. The smallest absolute Gasteiger partial charge is 0.209 e. The van der Waals surface area contributed by atoms with E-state index in [4.69, 9.17) is 0 Å². The molecule has 0 bridgehead atoms. The summed E-state index contributed by atoms with van der Waals surface area (Å²) in [5, 5.41) is 3.21. The second-order valence-electron chi connectivity index (χ2n) is 5.52. The number of carbonyl (C=O) groups excluding carboxylic acids is 1. The molecule has 5 nitrogen and oxygen atoms in total. The Morgan fingerprint density at radius 3 is 2.22 bits per heavy atom. The van der Waals surface area contributed by atoms with Crippen molar-refractivity contribution >= 4 is 6.41 Å². The van der Waals surface area contributed by atoms with Crippen molar-refractivity contribution in [3.05, 3.63) is 0 Å². The second kappa shape index (κ2) is 7.07. The molecule has 0 aromatic heterocycles. The van der Waals surface area contributed by atoms with Crippen LogP contribution in [-0.4, -0.2) is 80.6 Å². The summed E-state index contributed by atoms with van der Waals surface area (Å²) in [6.07, 6.45) is 3.34. The Kier molecular flexibility index (Phi) is 5.41. The van der Waals surface area contributed by atoms with E-state index >= 15 is 0 Å². The van der Waals surface area contributed by atoms with Crippen LogP contribution in [0.1, 0.15) is 12.8 Å². The van der Waals surface area contributed by atoms with Crippen molar-refractivity contribution in [3.8, 4) is 0 Å². The average molecular weight is 254 g/mol. The van der Waals surface area contributed by atoms with Crippen LogP contribution < -0.4 is 5.32 Å². The number of rotatable bonds is 5. The maximum absolute atomic E-state index is 10.7. The highest BCUT2D eigenvalue weighted by Crippen LogP contribution is 2.18. The molecule has 2 rings (SSSR count). The Morgan fingerprint density at radius 1 is 1.06 bits per heavy atom. The highest BCUT2D eigenvalue weighted by Gasteiger charge is 2.22. The van der Waals surface area contributed by atoms with Gasteiger partial charge in [0.15, 0.2) is 0 Å². The van der Waals surface area contributed by atoms with Crippen LogP contribution in [0.4, 0.5) is 0 Å². The number of likely N-dealkylation sites (tertiary alicyclic amines) is 1. The Hall–Kier alpha value is -0.650. The third-order valence-electron chi connectivity index (χ3n) is 4.16. The minimum absolute atomic E-state index is 0.789. The summed E-state index contributed by atoms with van der Waals surface area (Å²) >= 11 is 0. The molecule has 0 saturated carbocycles. The lowest BCUT2D eigenvalue weighted by atomic mass is 9.96. The molecule has 2 aliphatic rings. The van der Waals surface area contributed by atoms with E-state index in [-0.39, 0.29) is 0 Å². The quantitative estimate of drug-likeness (QED) is 0.681. The standard InChI is InChI=1S/C13H26N4O/c1-14-11-16-8-6-15(7-9-16)10-13-2-4-17(12-18)5-3-13/h12-14H,2-11H2,1H3. The normalized spacial score (nSPS) is 24.4. The van der Waals surface area contributed by atoms with Gasteiger partial charge in [-0.05, 0) is 25.8 Å². The molecule has 1 N–H and O–H groups in total. The van der Waals surface area contributed by atoms with Gasteiger partial charge in [-0.2, -0.15) is 0 Å². The number of hydrogen-bond acceptors (Lipinski definition) is 4. The van der Waals surface area contributed by atoms with Gasteiger partial charge in [-0.25, -0.2) is 0 Å². The number of piperazine rings is 1. The van der Waals surface area contributed by atoms with Crippen molar-refractivity contribution in [2.75, 3.05) is 59.5 Å². The molecule has 0 aliphatic carbocycles. The van der Waals surface area contributed by atoms with Crippen LogP contribution in [0.3, 0.4) is 0 Å². The Bertz CT molecular complexity index is 245. The lowest BCUT2D eigenvalue weighted by Crippen LogP contribution is -2.50. The molecule has 0 atom stereocenters. The van der Waals surface area contributed by atoms with Crippen LogP contribution in [0.2, 0.25) is 0 Å². The van der Waals surface area contributed by atoms with E-state index in [1.54, 1.807) is 0 Å². The van der Waals surface area contributed by atoms with E-state index < -0.39 is 0 Å². The first-order valence-electron chi connectivity index (χ1n) is 7.10. The minimum atomic E-state index is 0.789. The topological polar surface area (TPSA) is 38.8 Å². The van der Waals surface area contributed by atoms with Crippen LogP contribution in [0.25, 0.3) is 0 Å². The third-order valence-corrected chi connectivity index (χ3v) is 4.16. The molecule has 5 heteroatoms. The van der Waals surface area contributed by atoms with Crippen molar-refractivity contribution in [1.82, 2.24) is 20.0 Å². The molecule has 0 spiro atoms. The second-order valence-corrected chi connectivity index (χ2v) is 5.52. The predicted molar refractivity (Wildman–Crippen MR) is 72.3 cm³/mol. The predicted octanol–water partition coefficient (Wildman–Crippen LogP) is -0.351. The van der Waals surface area contributed by atoms with E-state index in [9.17, 15) is 4.79 Å². The van der Waals surface area contributed by atoms with Gasteiger partial charge in [-0.3, -0.25) is 9.69 Å². The molecule has 0 radical (unpaired) electrons. The molecule has 2 fully saturated rings. The third kappa shape index (κ3) is 3.93. The first kappa shape index (κ1) is 13.8. The van der Waals surface area contributed by atoms with Crippen LogP contribution in [0, 0.1) is 5.92 Å². The summed E-state index contributed by atoms with van der Waals surface area (Å²) in [7, 11) is 2.01. The van der Waals surface area contributed by atoms with Gasteiger partial charge in [-0.1, -0.05) is 0 Å². The summed E-state index contributed by atoms with van der Waals surface area (Å²) < 4.78 is 0. The molecule has 1 amide bonds. The summed E-state index contributed by atoms with van der Waals surface area (Å²) in [5.41, 5.74) is 0. The summed E-state index contributed by atoms with van der Waals surface area (Å²) in [6.45, 7) is 8.86. The zero-order chi connectivity index (χ0) is 12.8. The van der Waals surface area contributed by atoms with Crippen molar-refractivity contribution in [2.45, 2.75) is 12.8 Å². The number of hydrogen-bond donors (Lipinski definition) is 1. The molecular weight excluding hydrogens is 228 g/mol. The highest BCUT2D eigenvalue weighted by atomic mass is 16.1. The van der Waals surface area contributed by atoms with Crippen molar-refractivity contribution in [3.63, 3.8) is 0 Å². The van der Waals surface area contributed by atoms with Crippen LogP contribution in [0.5, 0.6) is 0 Å². The fourth-order valence-electron chi connectivity index (χ4n) is 2.96. The Labute approximate surface area is 110 Å². The minimum Gasteiger partial charge on any atom is -0.345 e. The molecule has 0 aromatic carbocycles. The van der Waals surface area contributed by atoms with Gasteiger partial charge in [-0.15, -0.1) is 0 Å². The number of amides is 1. The zero-order valence-corrected chi connectivity index (χ0v) is 11.5. The van der Waals surface area contributed by atoms with Gasteiger partial charge in [0.05, 0.1) is 0 Å². The maximum Gasteiger partial charge on any atom is 0.209 e. The maximum atomic E-state index is 10.7. The van der Waals surface area contributed by atoms with Crippen molar-refractivity contribution in [1.29, 1.82) is 0 Å². The fourth-order valence-corrected chi connectivity index (χ4v) is 2.96. The van der Waals surface area contributed by atoms with E-state index in [0.29, 0.717) is 0 Å². The number of nitrogens with zero attached hydrogens (tertiary/aromatic N) is 3. The highest BCUT2D eigenvalue weighted by molar-refractivity contribution is 5.47. The van der Waals surface area contributed by atoms with Crippen molar-refractivity contribution < 1.29 is 4.79 Å². The lowest BCUT2D eigenvalue weighted by molar-refractivity contribution is -0.119. The van der Waals surface area contributed by atoms with Gasteiger partial charge >= 0.3 is 0 Å². The summed E-state index contributed by atoms with van der Waals surface area (Å²) in [5.74, 6) is 0.789. The first-order chi connectivity index (χ1) is 8.81. The number of carbonyl (C=O) groups is 1. The summed E-state index contributed by atoms with van der Waals surface area (Å²) in [4.78, 5) is 17.6. The van der Waals surface area contributed by atoms with Crippen LogP contribution >= 0.6 is 0 Å². The SMILES string of the molecule is CNCN1CCN(CC2CCN(C=O)CC2)CC1. The van der Waals surface area contributed by atoms with Crippen molar-refractivity contribution in [2.24, 2.45) is 5.92 Å². The van der Waals surface area contributed by atoms with E-state index in [2.05, 4.69) is 15.1 Å². The largest absolute Gasteiger partial charge is 0.345 e. The average Bonchev–Trinajstić information content (AvgIpc) is 2.42. The molecule has 18 heavy (non-hydrogen) atoms. The van der Waals surface area contributed by atoms with Gasteiger partial charge in [0.25, 0.3) is 0 Å². The van der Waals surface area contributed by atoms with Gasteiger partial charge in [0, 0.05) is 52.5 Å². The fraction of sp³-hybridized carbons (Fsp3) is 0.923. The monoisotopic (exact) mass is 254 g/mol. The molecular formula is C13H26N4O. The molecule has 2 aliphatic heterocycles.